The SMILES string of the molecule is CC1(C)NC(CC(=O)c2ccccc2)CC1c1ccccc1. The van der Waals surface area contributed by atoms with Crippen LogP contribution in [0.25, 0.3) is 0 Å². The number of hydrogen-bond donors (Lipinski definition) is 1. The molecule has 2 aromatic carbocycles. The molecule has 1 aliphatic rings. The van der Waals surface area contributed by atoms with Crippen LogP contribution in [0.5, 0.6) is 0 Å². The Morgan fingerprint density at radius 2 is 1.64 bits per heavy atom. The molecular formula is C20H23NO. The molecule has 1 aliphatic heterocycles. The van der Waals surface area contributed by atoms with E-state index in [1.54, 1.807) is 0 Å². The maximum atomic E-state index is 12.4. The summed E-state index contributed by atoms with van der Waals surface area (Å²) in [7, 11) is 0. The quantitative estimate of drug-likeness (QED) is 0.857. The molecule has 0 saturated carbocycles. The molecule has 22 heavy (non-hydrogen) atoms. The van der Waals surface area contributed by atoms with E-state index in [-0.39, 0.29) is 17.4 Å². The molecule has 2 atom stereocenters. The maximum Gasteiger partial charge on any atom is 0.164 e. The lowest BCUT2D eigenvalue weighted by Crippen LogP contribution is -2.40. The van der Waals surface area contributed by atoms with Gasteiger partial charge in [0.15, 0.2) is 5.78 Å². The van der Waals surface area contributed by atoms with Crippen LogP contribution < -0.4 is 5.32 Å². The average molecular weight is 293 g/mol. The van der Waals surface area contributed by atoms with Gasteiger partial charge >= 0.3 is 0 Å². The standard InChI is InChI=1S/C20H23NO/c1-20(2)18(15-9-5-3-6-10-15)13-17(21-20)14-19(22)16-11-7-4-8-12-16/h3-12,17-18,21H,13-14H2,1-2H3. The summed E-state index contributed by atoms with van der Waals surface area (Å²) < 4.78 is 0. The first kappa shape index (κ1) is 15.0. The van der Waals surface area contributed by atoms with Gasteiger partial charge < -0.3 is 5.32 Å². The number of carbonyl (C=O) groups excluding carboxylic acids is 1. The van der Waals surface area contributed by atoms with Gasteiger partial charge in [0.25, 0.3) is 0 Å². The van der Waals surface area contributed by atoms with Crippen molar-refractivity contribution in [1.82, 2.24) is 5.32 Å². The summed E-state index contributed by atoms with van der Waals surface area (Å²) >= 11 is 0. The zero-order valence-electron chi connectivity index (χ0n) is 13.3. The molecule has 1 fully saturated rings. The monoisotopic (exact) mass is 293 g/mol. The second kappa shape index (κ2) is 6.05. The first-order valence-electron chi connectivity index (χ1n) is 7.97. The topological polar surface area (TPSA) is 29.1 Å². The number of hydrogen-bond acceptors (Lipinski definition) is 2. The highest BCUT2D eigenvalue weighted by Gasteiger charge is 2.41. The minimum Gasteiger partial charge on any atom is -0.308 e. The molecule has 114 valence electrons. The van der Waals surface area contributed by atoms with Gasteiger partial charge in [-0.2, -0.15) is 0 Å². The molecule has 0 aromatic heterocycles. The summed E-state index contributed by atoms with van der Waals surface area (Å²) in [5, 5.41) is 3.66. The van der Waals surface area contributed by atoms with Crippen LogP contribution in [0.15, 0.2) is 60.7 Å². The molecule has 2 unspecified atom stereocenters. The number of rotatable bonds is 4. The Morgan fingerprint density at radius 3 is 2.27 bits per heavy atom. The molecule has 2 heteroatoms. The molecule has 3 rings (SSSR count). The first-order valence-corrected chi connectivity index (χ1v) is 7.97. The molecule has 1 saturated heterocycles. The highest BCUT2D eigenvalue weighted by atomic mass is 16.1. The fourth-order valence-electron chi connectivity index (χ4n) is 3.60. The number of carbonyl (C=O) groups is 1. The van der Waals surface area contributed by atoms with E-state index in [1.165, 1.54) is 5.56 Å². The van der Waals surface area contributed by atoms with Crippen LogP contribution in [0, 0.1) is 0 Å². The van der Waals surface area contributed by atoms with E-state index >= 15 is 0 Å². The Kier molecular flexibility index (Phi) is 4.12. The van der Waals surface area contributed by atoms with E-state index in [0.717, 1.165) is 12.0 Å². The van der Waals surface area contributed by atoms with Gasteiger partial charge in [0, 0.05) is 29.5 Å². The van der Waals surface area contributed by atoms with Crippen molar-refractivity contribution in [2.45, 2.75) is 44.2 Å². The predicted octanol–water partition coefficient (Wildman–Crippen LogP) is 4.18. The molecule has 2 aromatic rings. The van der Waals surface area contributed by atoms with Gasteiger partial charge in [-0.05, 0) is 25.8 Å². The Morgan fingerprint density at radius 1 is 1.05 bits per heavy atom. The van der Waals surface area contributed by atoms with E-state index in [2.05, 4.69) is 49.5 Å². The number of nitrogens with one attached hydrogen (secondary N) is 1. The number of ketones is 1. The molecular weight excluding hydrogens is 270 g/mol. The van der Waals surface area contributed by atoms with E-state index < -0.39 is 0 Å². The Balaban J connectivity index is 1.71. The highest BCUT2D eigenvalue weighted by Crippen LogP contribution is 2.39. The van der Waals surface area contributed by atoms with Gasteiger partial charge in [-0.1, -0.05) is 60.7 Å². The van der Waals surface area contributed by atoms with Gasteiger partial charge in [0.2, 0.25) is 0 Å². The summed E-state index contributed by atoms with van der Waals surface area (Å²) in [5.74, 6) is 0.671. The molecule has 0 aliphatic carbocycles. The number of benzene rings is 2. The van der Waals surface area contributed by atoms with Gasteiger partial charge in [-0.25, -0.2) is 0 Å². The lowest BCUT2D eigenvalue weighted by atomic mass is 9.82. The van der Waals surface area contributed by atoms with Crippen LogP contribution in [-0.2, 0) is 0 Å². The second-order valence-electron chi connectivity index (χ2n) is 6.76. The Labute approximate surface area is 132 Å². The van der Waals surface area contributed by atoms with E-state index in [0.29, 0.717) is 12.3 Å². The van der Waals surface area contributed by atoms with Crippen molar-refractivity contribution in [1.29, 1.82) is 0 Å². The van der Waals surface area contributed by atoms with Crippen LogP contribution in [0.2, 0.25) is 0 Å². The summed E-state index contributed by atoms with van der Waals surface area (Å²) in [6.07, 6.45) is 1.58. The van der Waals surface area contributed by atoms with Crippen molar-refractivity contribution in [2.24, 2.45) is 0 Å². The fourth-order valence-corrected chi connectivity index (χ4v) is 3.60. The summed E-state index contributed by atoms with van der Waals surface area (Å²) in [6, 6.07) is 20.4. The summed E-state index contributed by atoms with van der Waals surface area (Å²) in [6.45, 7) is 4.47. The van der Waals surface area contributed by atoms with Gasteiger partial charge in [0.1, 0.15) is 0 Å². The van der Waals surface area contributed by atoms with Crippen molar-refractivity contribution in [3.8, 4) is 0 Å². The second-order valence-corrected chi connectivity index (χ2v) is 6.76. The molecule has 0 spiro atoms. The molecule has 0 amide bonds. The normalized spacial score (nSPS) is 23.4. The van der Waals surface area contributed by atoms with Gasteiger partial charge in [0.05, 0.1) is 0 Å². The van der Waals surface area contributed by atoms with Crippen LogP contribution in [0.4, 0.5) is 0 Å². The van der Waals surface area contributed by atoms with Crippen LogP contribution in [0.3, 0.4) is 0 Å². The molecule has 2 nitrogen and oxygen atoms in total. The van der Waals surface area contributed by atoms with Crippen molar-refractivity contribution in [3.63, 3.8) is 0 Å². The molecule has 1 N–H and O–H groups in total. The maximum absolute atomic E-state index is 12.4. The smallest absolute Gasteiger partial charge is 0.164 e. The Hall–Kier alpha value is -1.93. The molecule has 0 radical (unpaired) electrons. The van der Waals surface area contributed by atoms with Gasteiger partial charge in [-0.15, -0.1) is 0 Å². The third-order valence-electron chi connectivity index (χ3n) is 4.70. The highest BCUT2D eigenvalue weighted by molar-refractivity contribution is 5.96. The largest absolute Gasteiger partial charge is 0.308 e. The lowest BCUT2D eigenvalue weighted by molar-refractivity contribution is 0.0970. The minimum atomic E-state index is 0.0169. The Bertz CT molecular complexity index is 633. The predicted molar refractivity (Wildman–Crippen MR) is 90.2 cm³/mol. The minimum absolute atomic E-state index is 0.0169. The molecule has 1 heterocycles. The van der Waals surface area contributed by atoms with Crippen molar-refractivity contribution >= 4 is 5.78 Å². The van der Waals surface area contributed by atoms with Crippen molar-refractivity contribution < 1.29 is 4.79 Å². The molecule has 0 bridgehead atoms. The van der Waals surface area contributed by atoms with E-state index in [9.17, 15) is 4.79 Å². The summed E-state index contributed by atoms with van der Waals surface area (Å²) in [4.78, 5) is 12.4. The fraction of sp³-hybridized carbons (Fsp3) is 0.350. The van der Waals surface area contributed by atoms with Crippen LogP contribution >= 0.6 is 0 Å². The first-order chi connectivity index (χ1) is 10.6. The zero-order chi connectivity index (χ0) is 15.6. The average Bonchev–Trinajstić information content (AvgIpc) is 2.83. The van der Waals surface area contributed by atoms with E-state index in [4.69, 9.17) is 0 Å². The van der Waals surface area contributed by atoms with Crippen molar-refractivity contribution in [2.75, 3.05) is 0 Å². The van der Waals surface area contributed by atoms with Crippen molar-refractivity contribution in [3.05, 3.63) is 71.8 Å². The lowest BCUT2D eigenvalue weighted by Gasteiger charge is -2.27. The van der Waals surface area contributed by atoms with Crippen LogP contribution in [-0.4, -0.2) is 17.4 Å². The number of Topliss-reactive ketones (excluding diaryl/α,β-unsaturated/α-hetero) is 1. The van der Waals surface area contributed by atoms with Gasteiger partial charge in [-0.3, -0.25) is 4.79 Å². The van der Waals surface area contributed by atoms with Crippen LogP contribution in [0.1, 0.15) is 48.5 Å². The third kappa shape index (κ3) is 3.12. The van der Waals surface area contributed by atoms with E-state index in [1.807, 2.05) is 30.3 Å². The zero-order valence-corrected chi connectivity index (χ0v) is 13.3. The summed E-state index contributed by atoms with van der Waals surface area (Å²) in [5.41, 5.74) is 2.18. The third-order valence-corrected chi connectivity index (χ3v) is 4.70.